The van der Waals surface area contributed by atoms with Crippen LogP contribution in [0.25, 0.3) is 0 Å². The van der Waals surface area contributed by atoms with Crippen molar-refractivity contribution in [2.75, 3.05) is 20.1 Å². The topological polar surface area (TPSA) is 29.3 Å². The van der Waals surface area contributed by atoms with Gasteiger partial charge in [-0.05, 0) is 50.7 Å². The van der Waals surface area contributed by atoms with Gasteiger partial charge in [0.05, 0.1) is 0 Å². The van der Waals surface area contributed by atoms with Crippen molar-refractivity contribution < 1.29 is 0 Å². The lowest BCUT2D eigenvalue weighted by Gasteiger charge is -2.16. The number of nitrogens with zero attached hydrogens (tertiary/aromatic N) is 1. The predicted molar refractivity (Wildman–Crippen MR) is 82.6 cm³/mol. The molecule has 18 heavy (non-hydrogen) atoms. The van der Waals surface area contributed by atoms with Crippen LogP contribution in [0.4, 0.5) is 0 Å². The molecule has 0 unspecified atom stereocenters. The minimum absolute atomic E-state index is 0.836. The maximum Gasteiger partial charge on any atom is 0.0231 e. The molecule has 0 aliphatic heterocycles. The lowest BCUT2D eigenvalue weighted by atomic mass is 10.1. The molecule has 0 aromatic heterocycles. The Hall–Kier alpha value is -0.380. The zero-order valence-corrected chi connectivity index (χ0v) is 13.0. The standard InChI is InChI=1S/C15H25BrN2/c1-18(11-6-4-2-3-5-10-17)13-14-8-7-9-15(16)12-14/h7-9,12H,2-6,10-11,13,17H2,1H3. The molecule has 0 saturated carbocycles. The van der Waals surface area contributed by atoms with Crippen molar-refractivity contribution in [3.8, 4) is 0 Å². The van der Waals surface area contributed by atoms with Gasteiger partial charge in [-0.2, -0.15) is 0 Å². The molecule has 0 amide bonds. The molecule has 0 atom stereocenters. The van der Waals surface area contributed by atoms with Crippen molar-refractivity contribution in [3.63, 3.8) is 0 Å². The molecule has 0 bridgehead atoms. The molecule has 0 heterocycles. The SMILES string of the molecule is CN(CCCCCCCN)Cc1cccc(Br)c1. The van der Waals surface area contributed by atoms with E-state index >= 15 is 0 Å². The van der Waals surface area contributed by atoms with Gasteiger partial charge in [-0.15, -0.1) is 0 Å². The third-order valence-electron chi connectivity index (χ3n) is 3.09. The highest BCUT2D eigenvalue weighted by Crippen LogP contribution is 2.13. The summed E-state index contributed by atoms with van der Waals surface area (Å²) in [4.78, 5) is 2.39. The third kappa shape index (κ3) is 7.14. The molecular weight excluding hydrogens is 288 g/mol. The number of rotatable bonds is 9. The molecule has 0 spiro atoms. The monoisotopic (exact) mass is 312 g/mol. The number of halogens is 1. The largest absolute Gasteiger partial charge is 0.330 e. The van der Waals surface area contributed by atoms with Crippen LogP contribution in [0.1, 0.15) is 37.7 Å². The van der Waals surface area contributed by atoms with E-state index in [9.17, 15) is 0 Å². The van der Waals surface area contributed by atoms with Gasteiger partial charge in [-0.25, -0.2) is 0 Å². The fourth-order valence-corrected chi connectivity index (χ4v) is 2.53. The Morgan fingerprint density at radius 1 is 1.11 bits per heavy atom. The molecule has 102 valence electrons. The van der Waals surface area contributed by atoms with Gasteiger partial charge in [0, 0.05) is 11.0 Å². The Bertz CT molecular complexity index is 328. The van der Waals surface area contributed by atoms with E-state index in [0.29, 0.717) is 0 Å². The van der Waals surface area contributed by atoms with Crippen molar-refractivity contribution in [1.82, 2.24) is 4.90 Å². The van der Waals surface area contributed by atoms with E-state index < -0.39 is 0 Å². The lowest BCUT2D eigenvalue weighted by molar-refractivity contribution is 0.316. The smallest absolute Gasteiger partial charge is 0.0231 e. The summed E-state index contributed by atoms with van der Waals surface area (Å²) in [6.45, 7) is 3.04. The molecule has 1 aromatic rings. The fourth-order valence-electron chi connectivity index (χ4n) is 2.08. The van der Waals surface area contributed by atoms with Gasteiger partial charge in [-0.3, -0.25) is 0 Å². The van der Waals surface area contributed by atoms with Crippen molar-refractivity contribution in [2.45, 2.75) is 38.6 Å². The molecule has 1 aromatic carbocycles. The molecule has 0 fully saturated rings. The number of benzene rings is 1. The molecule has 2 nitrogen and oxygen atoms in total. The average molecular weight is 313 g/mol. The first-order valence-corrected chi connectivity index (χ1v) is 7.64. The fraction of sp³-hybridized carbons (Fsp3) is 0.600. The molecule has 0 radical (unpaired) electrons. The second-order valence-electron chi connectivity index (χ2n) is 4.92. The van der Waals surface area contributed by atoms with E-state index in [-0.39, 0.29) is 0 Å². The van der Waals surface area contributed by atoms with Crippen molar-refractivity contribution in [2.24, 2.45) is 5.73 Å². The Kier molecular flexibility index (Phi) is 8.31. The lowest BCUT2D eigenvalue weighted by Crippen LogP contribution is -2.19. The summed E-state index contributed by atoms with van der Waals surface area (Å²) in [7, 11) is 2.20. The zero-order valence-electron chi connectivity index (χ0n) is 11.4. The summed E-state index contributed by atoms with van der Waals surface area (Å²) in [5.41, 5.74) is 6.85. The summed E-state index contributed by atoms with van der Waals surface area (Å²) in [6, 6.07) is 8.54. The van der Waals surface area contributed by atoms with Crippen LogP contribution in [-0.2, 0) is 6.54 Å². The first-order chi connectivity index (χ1) is 8.72. The summed E-state index contributed by atoms with van der Waals surface area (Å²) < 4.78 is 1.16. The summed E-state index contributed by atoms with van der Waals surface area (Å²) in [6.07, 6.45) is 6.39. The van der Waals surface area contributed by atoms with Crippen molar-refractivity contribution in [3.05, 3.63) is 34.3 Å². The van der Waals surface area contributed by atoms with Gasteiger partial charge in [0.25, 0.3) is 0 Å². The van der Waals surface area contributed by atoms with Crippen molar-refractivity contribution >= 4 is 15.9 Å². The molecule has 0 aliphatic rings. The van der Waals surface area contributed by atoms with Gasteiger partial charge in [0.2, 0.25) is 0 Å². The van der Waals surface area contributed by atoms with Crippen LogP contribution in [0, 0.1) is 0 Å². The van der Waals surface area contributed by atoms with Crippen LogP contribution < -0.4 is 5.73 Å². The molecule has 1 rings (SSSR count). The van der Waals surface area contributed by atoms with Gasteiger partial charge < -0.3 is 10.6 Å². The molecule has 0 aliphatic carbocycles. The Balaban J connectivity index is 2.12. The maximum absolute atomic E-state index is 5.48. The van der Waals surface area contributed by atoms with Crippen LogP contribution in [0.2, 0.25) is 0 Å². The quantitative estimate of drug-likeness (QED) is 0.703. The third-order valence-corrected chi connectivity index (χ3v) is 3.58. The molecule has 3 heteroatoms. The Labute approximate surface area is 120 Å². The van der Waals surface area contributed by atoms with Crippen LogP contribution in [0.5, 0.6) is 0 Å². The second kappa shape index (κ2) is 9.54. The highest BCUT2D eigenvalue weighted by Gasteiger charge is 2.00. The minimum Gasteiger partial charge on any atom is -0.330 e. The van der Waals surface area contributed by atoms with Crippen LogP contribution in [0.3, 0.4) is 0 Å². The highest BCUT2D eigenvalue weighted by molar-refractivity contribution is 9.10. The number of unbranched alkanes of at least 4 members (excludes halogenated alkanes) is 4. The number of nitrogens with two attached hydrogens (primary N) is 1. The van der Waals surface area contributed by atoms with E-state index in [1.165, 1.54) is 44.2 Å². The Morgan fingerprint density at radius 3 is 2.56 bits per heavy atom. The first-order valence-electron chi connectivity index (χ1n) is 6.85. The van der Waals surface area contributed by atoms with E-state index in [0.717, 1.165) is 17.6 Å². The highest BCUT2D eigenvalue weighted by atomic mass is 79.9. The summed E-state index contributed by atoms with van der Waals surface area (Å²) in [5, 5.41) is 0. The first kappa shape index (κ1) is 15.7. The van der Waals surface area contributed by atoms with Gasteiger partial charge in [-0.1, -0.05) is 47.3 Å². The molecule has 2 N–H and O–H groups in total. The van der Waals surface area contributed by atoms with E-state index in [2.05, 4.69) is 52.1 Å². The zero-order chi connectivity index (χ0) is 13.2. The number of hydrogen-bond donors (Lipinski definition) is 1. The minimum atomic E-state index is 0.836. The summed E-state index contributed by atoms with van der Waals surface area (Å²) in [5.74, 6) is 0. The number of hydrogen-bond acceptors (Lipinski definition) is 2. The Morgan fingerprint density at radius 2 is 1.83 bits per heavy atom. The molecule has 0 saturated heterocycles. The second-order valence-corrected chi connectivity index (χ2v) is 5.84. The average Bonchev–Trinajstić information content (AvgIpc) is 2.33. The van der Waals surface area contributed by atoms with E-state index in [1.54, 1.807) is 0 Å². The normalized spacial score (nSPS) is 11.1. The van der Waals surface area contributed by atoms with Gasteiger partial charge in [0.15, 0.2) is 0 Å². The van der Waals surface area contributed by atoms with Gasteiger partial charge in [0.1, 0.15) is 0 Å². The van der Waals surface area contributed by atoms with Crippen LogP contribution in [-0.4, -0.2) is 25.0 Å². The summed E-state index contributed by atoms with van der Waals surface area (Å²) >= 11 is 3.51. The predicted octanol–water partition coefficient (Wildman–Crippen LogP) is 3.79. The van der Waals surface area contributed by atoms with Crippen molar-refractivity contribution in [1.29, 1.82) is 0 Å². The van der Waals surface area contributed by atoms with E-state index in [4.69, 9.17) is 5.73 Å². The van der Waals surface area contributed by atoms with E-state index in [1.807, 2.05) is 0 Å². The maximum atomic E-state index is 5.48. The van der Waals surface area contributed by atoms with Gasteiger partial charge >= 0.3 is 0 Å². The molecular formula is C15H25BrN2. The van der Waals surface area contributed by atoms with Crippen LogP contribution in [0.15, 0.2) is 28.7 Å². The van der Waals surface area contributed by atoms with Crippen LogP contribution >= 0.6 is 15.9 Å².